The van der Waals surface area contributed by atoms with Gasteiger partial charge in [-0.2, -0.15) is 5.26 Å². The molecule has 1 aliphatic heterocycles. The Bertz CT molecular complexity index is 774. The van der Waals surface area contributed by atoms with Gasteiger partial charge in [-0.15, -0.1) is 0 Å². The largest absolute Gasteiger partial charge is 0.338 e. The molecule has 28 heavy (non-hydrogen) atoms. The SMILES string of the molecule is N#Cc1ccc(NC(=O)NCCCN2CCC(Cc3ccccc3)CC2)cc1. The minimum atomic E-state index is -0.203. The van der Waals surface area contributed by atoms with Crippen molar-refractivity contribution in [3.8, 4) is 6.07 Å². The van der Waals surface area contributed by atoms with Crippen molar-refractivity contribution in [2.75, 3.05) is 31.5 Å². The van der Waals surface area contributed by atoms with Crippen LogP contribution in [-0.2, 0) is 6.42 Å². The zero-order valence-corrected chi connectivity index (χ0v) is 16.2. The van der Waals surface area contributed by atoms with Gasteiger partial charge in [-0.05, 0) is 81.1 Å². The van der Waals surface area contributed by atoms with Gasteiger partial charge in [0.15, 0.2) is 0 Å². The molecule has 0 saturated carbocycles. The van der Waals surface area contributed by atoms with Crippen molar-refractivity contribution < 1.29 is 4.79 Å². The molecule has 0 radical (unpaired) electrons. The molecule has 2 aromatic carbocycles. The van der Waals surface area contributed by atoms with E-state index in [1.807, 2.05) is 0 Å². The Balaban J connectivity index is 1.27. The summed E-state index contributed by atoms with van der Waals surface area (Å²) in [6, 6.07) is 19.5. The van der Waals surface area contributed by atoms with Crippen LogP contribution in [0.2, 0.25) is 0 Å². The first-order valence-electron chi connectivity index (χ1n) is 10.0. The third kappa shape index (κ3) is 6.40. The van der Waals surface area contributed by atoms with Gasteiger partial charge in [0, 0.05) is 12.2 Å². The number of benzene rings is 2. The second kappa shape index (κ2) is 10.5. The standard InChI is InChI=1S/C23H28N4O/c24-18-21-7-9-22(10-8-21)26-23(28)25-13-4-14-27-15-11-20(12-16-27)17-19-5-2-1-3-6-19/h1-3,5-10,20H,4,11-17H2,(H2,25,26,28). The van der Waals surface area contributed by atoms with E-state index in [-0.39, 0.29) is 6.03 Å². The summed E-state index contributed by atoms with van der Waals surface area (Å²) in [5.41, 5.74) is 2.72. The van der Waals surface area contributed by atoms with Crippen LogP contribution in [0.1, 0.15) is 30.4 Å². The number of likely N-dealkylation sites (tertiary alicyclic amines) is 1. The van der Waals surface area contributed by atoms with Crippen LogP contribution in [-0.4, -0.2) is 37.1 Å². The van der Waals surface area contributed by atoms with E-state index >= 15 is 0 Å². The molecule has 5 heteroatoms. The Morgan fingerprint density at radius 3 is 2.46 bits per heavy atom. The lowest BCUT2D eigenvalue weighted by molar-refractivity contribution is 0.182. The lowest BCUT2D eigenvalue weighted by Crippen LogP contribution is -2.37. The molecule has 1 saturated heterocycles. The molecule has 0 aliphatic carbocycles. The summed E-state index contributed by atoms with van der Waals surface area (Å²) in [7, 11) is 0. The van der Waals surface area contributed by atoms with Crippen molar-refractivity contribution in [2.45, 2.75) is 25.7 Å². The van der Waals surface area contributed by atoms with E-state index in [1.165, 1.54) is 24.8 Å². The smallest absolute Gasteiger partial charge is 0.319 e. The highest BCUT2D eigenvalue weighted by atomic mass is 16.2. The second-order valence-corrected chi connectivity index (χ2v) is 7.40. The number of carbonyl (C=O) groups excluding carboxylic acids is 1. The van der Waals surface area contributed by atoms with Crippen LogP contribution in [0.5, 0.6) is 0 Å². The second-order valence-electron chi connectivity index (χ2n) is 7.40. The van der Waals surface area contributed by atoms with E-state index in [1.54, 1.807) is 24.3 Å². The first-order valence-corrected chi connectivity index (χ1v) is 10.0. The number of hydrogen-bond acceptors (Lipinski definition) is 3. The first kappa shape index (κ1) is 19.9. The van der Waals surface area contributed by atoms with Crippen molar-refractivity contribution >= 4 is 11.7 Å². The van der Waals surface area contributed by atoms with Gasteiger partial charge in [0.1, 0.15) is 0 Å². The van der Waals surface area contributed by atoms with Crippen molar-refractivity contribution in [3.05, 3.63) is 65.7 Å². The predicted molar refractivity (Wildman–Crippen MR) is 112 cm³/mol. The third-order valence-electron chi connectivity index (χ3n) is 5.28. The molecule has 0 bridgehead atoms. The summed E-state index contributed by atoms with van der Waals surface area (Å²) in [5, 5.41) is 14.5. The number of rotatable bonds is 7. The van der Waals surface area contributed by atoms with Crippen LogP contribution in [0, 0.1) is 17.2 Å². The molecule has 0 aromatic heterocycles. The van der Waals surface area contributed by atoms with Crippen LogP contribution in [0.3, 0.4) is 0 Å². The minimum absolute atomic E-state index is 0.203. The quantitative estimate of drug-likeness (QED) is 0.717. The number of hydrogen-bond donors (Lipinski definition) is 2. The molecule has 1 heterocycles. The van der Waals surface area contributed by atoms with Crippen LogP contribution in [0.15, 0.2) is 54.6 Å². The monoisotopic (exact) mass is 376 g/mol. The molecule has 146 valence electrons. The number of nitriles is 1. The van der Waals surface area contributed by atoms with E-state index in [9.17, 15) is 4.79 Å². The average molecular weight is 377 g/mol. The first-order chi connectivity index (χ1) is 13.7. The third-order valence-corrected chi connectivity index (χ3v) is 5.28. The van der Waals surface area contributed by atoms with Crippen LogP contribution < -0.4 is 10.6 Å². The molecule has 0 spiro atoms. The molecule has 1 fully saturated rings. The molecular weight excluding hydrogens is 348 g/mol. The number of piperidine rings is 1. The maximum atomic E-state index is 11.9. The highest BCUT2D eigenvalue weighted by Crippen LogP contribution is 2.21. The predicted octanol–water partition coefficient (Wildman–Crippen LogP) is 4.02. The zero-order chi connectivity index (χ0) is 19.6. The van der Waals surface area contributed by atoms with E-state index in [2.05, 4.69) is 51.9 Å². The number of anilines is 1. The Labute approximate surface area is 167 Å². The van der Waals surface area contributed by atoms with Crippen molar-refractivity contribution in [2.24, 2.45) is 5.92 Å². The normalized spacial score (nSPS) is 15.0. The molecule has 2 aromatic rings. The molecule has 0 atom stereocenters. The van der Waals surface area contributed by atoms with Gasteiger partial charge in [-0.25, -0.2) is 4.79 Å². The van der Waals surface area contributed by atoms with Gasteiger partial charge in [-0.1, -0.05) is 30.3 Å². The van der Waals surface area contributed by atoms with Gasteiger partial charge >= 0.3 is 6.03 Å². The topological polar surface area (TPSA) is 68.2 Å². The van der Waals surface area contributed by atoms with E-state index in [4.69, 9.17) is 5.26 Å². The summed E-state index contributed by atoms with van der Waals surface area (Å²) in [5.74, 6) is 0.787. The summed E-state index contributed by atoms with van der Waals surface area (Å²) in [6.45, 7) is 3.98. The van der Waals surface area contributed by atoms with Gasteiger partial charge < -0.3 is 15.5 Å². The Morgan fingerprint density at radius 2 is 1.79 bits per heavy atom. The molecule has 1 aliphatic rings. The maximum Gasteiger partial charge on any atom is 0.319 e. The van der Waals surface area contributed by atoms with Crippen LogP contribution in [0.25, 0.3) is 0 Å². The highest BCUT2D eigenvalue weighted by molar-refractivity contribution is 5.89. The Hall–Kier alpha value is -2.84. The number of urea groups is 1. The minimum Gasteiger partial charge on any atom is -0.338 e. The van der Waals surface area contributed by atoms with Gasteiger partial charge in [0.05, 0.1) is 11.6 Å². The average Bonchev–Trinajstić information content (AvgIpc) is 2.74. The molecule has 2 amide bonds. The van der Waals surface area contributed by atoms with Crippen molar-refractivity contribution in [1.29, 1.82) is 5.26 Å². The highest BCUT2D eigenvalue weighted by Gasteiger charge is 2.19. The fourth-order valence-electron chi connectivity index (χ4n) is 3.67. The lowest BCUT2D eigenvalue weighted by atomic mass is 9.90. The summed E-state index contributed by atoms with van der Waals surface area (Å²) < 4.78 is 0. The summed E-state index contributed by atoms with van der Waals surface area (Å²) in [6.07, 6.45) is 4.64. The van der Waals surface area contributed by atoms with Crippen LogP contribution in [0.4, 0.5) is 10.5 Å². The lowest BCUT2D eigenvalue weighted by Gasteiger charge is -2.32. The molecule has 0 unspecified atom stereocenters. The van der Waals surface area contributed by atoms with Crippen LogP contribution >= 0.6 is 0 Å². The van der Waals surface area contributed by atoms with Gasteiger partial charge in [0.25, 0.3) is 0 Å². The number of nitrogens with zero attached hydrogens (tertiary/aromatic N) is 2. The molecule has 2 N–H and O–H groups in total. The summed E-state index contributed by atoms with van der Waals surface area (Å²) >= 11 is 0. The van der Waals surface area contributed by atoms with Gasteiger partial charge in [0.2, 0.25) is 0 Å². The number of nitrogens with one attached hydrogen (secondary N) is 2. The molecule has 3 rings (SSSR count). The number of carbonyl (C=O) groups is 1. The maximum absolute atomic E-state index is 11.9. The number of amides is 2. The fourth-order valence-corrected chi connectivity index (χ4v) is 3.67. The fraction of sp³-hybridized carbons (Fsp3) is 0.391. The van der Waals surface area contributed by atoms with Crippen molar-refractivity contribution in [1.82, 2.24) is 10.2 Å². The van der Waals surface area contributed by atoms with E-state index < -0.39 is 0 Å². The summed E-state index contributed by atoms with van der Waals surface area (Å²) in [4.78, 5) is 14.4. The van der Waals surface area contributed by atoms with Crippen molar-refractivity contribution in [3.63, 3.8) is 0 Å². The van der Waals surface area contributed by atoms with E-state index in [0.717, 1.165) is 32.0 Å². The van der Waals surface area contributed by atoms with E-state index in [0.29, 0.717) is 17.8 Å². The van der Waals surface area contributed by atoms with Gasteiger partial charge in [-0.3, -0.25) is 0 Å². The zero-order valence-electron chi connectivity index (χ0n) is 16.2. The molecular formula is C23H28N4O. The Kier molecular flexibility index (Phi) is 7.45. The molecule has 5 nitrogen and oxygen atoms in total. The Morgan fingerprint density at radius 1 is 1.07 bits per heavy atom.